The molecule has 2 fully saturated rings. The molecule has 3 heterocycles. The van der Waals surface area contributed by atoms with Gasteiger partial charge in [0.25, 0.3) is 5.08 Å². The number of carbonyl (C=O) groups is 1. The van der Waals surface area contributed by atoms with E-state index < -0.39 is 38.3 Å². The van der Waals surface area contributed by atoms with Crippen LogP contribution in [-0.4, -0.2) is 88.2 Å². The highest BCUT2D eigenvalue weighted by molar-refractivity contribution is 7.72. The molecule has 36 heavy (non-hydrogen) atoms. The lowest BCUT2D eigenvalue weighted by molar-refractivity contribution is 0.107. The number of aliphatic hydroxyl groups is 1. The van der Waals surface area contributed by atoms with Gasteiger partial charge in [0.15, 0.2) is 5.75 Å². The van der Waals surface area contributed by atoms with Gasteiger partial charge in [0.2, 0.25) is 5.43 Å². The topological polar surface area (TPSA) is 223 Å². The summed E-state index contributed by atoms with van der Waals surface area (Å²) in [5.74, 6) is 0.264. The van der Waals surface area contributed by atoms with Gasteiger partial charge >= 0.3 is 21.3 Å². The third-order valence-corrected chi connectivity index (χ3v) is 10.3. The first-order chi connectivity index (χ1) is 16.7. The molecular weight excluding hydrogens is 522 g/mol. The van der Waals surface area contributed by atoms with Gasteiger partial charge in [-0.25, -0.2) is 9.78 Å². The second kappa shape index (κ2) is 9.51. The summed E-state index contributed by atoms with van der Waals surface area (Å²) in [6, 6.07) is 1.84. The lowest BCUT2D eigenvalue weighted by atomic mass is 10.2. The van der Waals surface area contributed by atoms with E-state index in [9.17, 15) is 43.4 Å². The van der Waals surface area contributed by atoms with Gasteiger partial charge < -0.3 is 44.0 Å². The molecule has 0 spiro atoms. The maximum Gasteiger partial charge on any atom is 0.511 e. The summed E-state index contributed by atoms with van der Waals surface area (Å²) >= 11 is 0. The molecule has 4 rings (SSSR count). The van der Waals surface area contributed by atoms with E-state index in [-0.39, 0.29) is 23.7 Å². The maximum absolute atomic E-state index is 12.7. The highest BCUT2D eigenvalue weighted by Gasteiger charge is 2.59. The Labute approximate surface area is 203 Å². The van der Waals surface area contributed by atoms with Gasteiger partial charge in [-0.05, 0) is 12.8 Å². The molecule has 1 saturated carbocycles. The molecule has 17 heteroatoms. The Balaban J connectivity index is 1.49. The number of carboxylic acid groups (broad SMARTS) is 1. The summed E-state index contributed by atoms with van der Waals surface area (Å²) < 4.78 is 29.6. The highest BCUT2D eigenvalue weighted by Crippen LogP contribution is 2.68. The Hall–Kier alpha value is -2.35. The first-order valence-corrected chi connectivity index (χ1v) is 14.2. The monoisotopic (exact) mass is 548 g/mol. The number of anilines is 1. The van der Waals surface area contributed by atoms with Crippen molar-refractivity contribution in [2.45, 2.75) is 30.4 Å². The molecular formula is C19H26N4O11P2. The fourth-order valence-corrected chi connectivity index (χ4v) is 6.31. The van der Waals surface area contributed by atoms with Crippen LogP contribution in [0.2, 0.25) is 0 Å². The Morgan fingerprint density at radius 1 is 1.11 bits per heavy atom. The van der Waals surface area contributed by atoms with Crippen molar-refractivity contribution >= 4 is 38.1 Å². The van der Waals surface area contributed by atoms with Crippen molar-refractivity contribution in [3.63, 3.8) is 0 Å². The Morgan fingerprint density at radius 3 is 2.25 bits per heavy atom. The van der Waals surface area contributed by atoms with Crippen LogP contribution in [0, 0.1) is 0 Å². The second-order valence-corrected chi connectivity index (χ2v) is 12.8. The predicted molar refractivity (Wildman–Crippen MR) is 125 cm³/mol. The van der Waals surface area contributed by atoms with Crippen LogP contribution in [0.5, 0.6) is 5.75 Å². The number of nitrogens with zero attached hydrogens (tertiary/aromatic N) is 4. The molecule has 1 saturated heterocycles. The minimum Gasteiger partial charge on any atom is -0.449 e. The van der Waals surface area contributed by atoms with E-state index in [0.717, 1.165) is 12.8 Å². The lowest BCUT2D eigenvalue weighted by Gasteiger charge is -2.37. The second-order valence-electron chi connectivity index (χ2n) is 8.83. The number of hydrogen-bond donors (Lipinski definition) is 6. The lowest BCUT2D eigenvalue weighted by Crippen LogP contribution is -2.48. The largest absolute Gasteiger partial charge is 0.511 e. The van der Waals surface area contributed by atoms with Crippen LogP contribution in [0.1, 0.15) is 25.3 Å². The molecule has 0 unspecified atom stereocenters. The summed E-state index contributed by atoms with van der Waals surface area (Å²) in [6.07, 6.45) is 2.10. The Morgan fingerprint density at radius 2 is 1.72 bits per heavy atom. The minimum absolute atomic E-state index is 0.109. The molecule has 15 nitrogen and oxygen atoms in total. The third kappa shape index (κ3) is 5.20. The van der Waals surface area contributed by atoms with Gasteiger partial charge in [-0.3, -0.25) is 18.8 Å². The fourth-order valence-electron chi connectivity index (χ4n) is 4.17. The average Bonchev–Trinajstić information content (AvgIpc) is 3.63. The number of hydrogen-bond acceptors (Lipinski definition) is 9. The number of aromatic nitrogens is 2. The van der Waals surface area contributed by atoms with Crippen molar-refractivity contribution in [2.24, 2.45) is 0 Å². The van der Waals surface area contributed by atoms with Crippen LogP contribution in [0.4, 0.5) is 10.6 Å². The quantitative estimate of drug-likeness (QED) is 0.193. The Kier molecular flexibility index (Phi) is 7.05. The molecule has 1 aliphatic heterocycles. The van der Waals surface area contributed by atoms with E-state index in [1.807, 2.05) is 4.90 Å². The number of ether oxygens (including phenoxy) is 1. The van der Waals surface area contributed by atoms with Gasteiger partial charge in [-0.1, -0.05) is 0 Å². The summed E-state index contributed by atoms with van der Waals surface area (Å²) in [7, 11) is -11.0. The summed E-state index contributed by atoms with van der Waals surface area (Å²) in [6.45, 7) is 1.39. The number of pyridine rings is 2. The van der Waals surface area contributed by atoms with Crippen LogP contribution in [0.15, 0.2) is 23.3 Å². The molecule has 6 N–H and O–H groups in total. The average molecular weight is 548 g/mol. The highest BCUT2D eigenvalue weighted by atomic mass is 31.2. The third-order valence-electron chi connectivity index (χ3n) is 6.40. The zero-order valence-electron chi connectivity index (χ0n) is 18.9. The van der Waals surface area contributed by atoms with E-state index in [4.69, 9.17) is 5.11 Å². The molecule has 0 bridgehead atoms. The first kappa shape index (κ1) is 26.7. The van der Waals surface area contributed by atoms with Crippen molar-refractivity contribution in [3.8, 4) is 5.75 Å². The molecule has 2 aromatic rings. The molecule has 0 amide bonds. The van der Waals surface area contributed by atoms with E-state index >= 15 is 0 Å². The molecule has 2 aromatic heterocycles. The minimum atomic E-state index is -5.51. The number of piperazine rings is 1. The molecule has 2 aliphatic rings. The molecule has 198 valence electrons. The SMILES string of the molecule is O=C(O)Oc1cn(C2CC2)c2cc(N3CCN(CCC(O)(P(=O)(O)O)P(=O)(O)O)CC3)ncc2c1=O. The molecule has 0 radical (unpaired) electrons. The van der Waals surface area contributed by atoms with Gasteiger partial charge in [0.05, 0.1) is 17.1 Å². The summed E-state index contributed by atoms with van der Waals surface area (Å²) in [5.41, 5.74) is -0.00297. The van der Waals surface area contributed by atoms with Gasteiger partial charge in [-0.15, -0.1) is 0 Å². The smallest absolute Gasteiger partial charge is 0.449 e. The predicted octanol–water partition coefficient (Wildman–Crippen LogP) is 0.302. The van der Waals surface area contributed by atoms with Crippen LogP contribution in [0.3, 0.4) is 0 Å². The zero-order valence-corrected chi connectivity index (χ0v) is 20.7. The maximum atomic E-state index is 12.7. The Bertz CT molecular complexity index is 1300. The van der Waals surface area contributed by atoms with Crippen molar-refractivity contribution in [2.75, 3.05) is 37.6 Å². The standard InChI is InChI=1S/C19H26N4O11P2/c24-17-13-10-20-16(9-14(13)23(12-1-2-12)11-15(17)34-18(25)26)22-7-5-21(6-8-22)4-3-19(27,35(28,29)30)36(31,32)33/h9-12,27H,1-8H2,(H,25,26)(H2,28,29,30)(H2,31,32,33). The molecule has 0 atom stereocenters. The zero-order chi connectivity index (χ0) is 26.5. The molecule has 0 aromatic carbocycles. The van der Waals surface area contributed by atoms with Gasteiger partial charge in [0.1, 0.15) is 5.82 Å². The van der Waals surface area contributed by atoms with Crippen LogP contribution < -0.4 is 15.1 Å². The van der Waals surface area contributed by atoms with Gasteiger partial charge in [0, 0.05) is 57.4 Å². The van der Waals surface area contributed by atoms with Gasteiger partial charge in [-0.2, -0.15) is 0 Å². The first-order valence-electron chi connectivity index (χ1n) is 11.0. The van der Waals surface area contributed by atoms with Crippen LogP contribution in [0.25, 0.3) is 10.9 Å². The fraction of sp³-hybridized carbons (Fsp3) is 0.526. The van der Waals surface area contributed by atoms with Crippen LogP contribution in [-0.2, 0) is 9.13 Å². The summed E-state index contributed by atoms with van der Waals surface area (Å²) in [4.78, 5) is 68.8. The van der Waals surface area contributed by atoms with E-state index in [1.54, 1.807) is 15.5 Å². The van der Waals surface area contributed by atoms with E-state index in [1.165, 1.54) is 12.4 Å². The summed E-state index contributed by atoms with van der Waals surface area (Å²) in [5, 5.41) is 15.8. The van der Waals surface area contributed by atoms with Crippen molar-refractivity contribution < 1.29 is 48.4 Å². The molecule has 1 aliphatic carbocycles. The van der Waals surface area contributed by atoms with Crippen molar-refractivity contribution in [1.29, 1.82) is 0 Å². The number of rotatable bonds is 8. The van der Waals surface area contributed by atoms with Crippen molar-refractivity contribution in [3.05, 3.63) is 28.7 Å². The van der Waals surface area contributed by atoms with E-state index in [0.29, 0.717) is 37.5 Å². The normalized spacial score (nSPS) is 18.0. The van der Waals surface area contributed by atoms with E-state index in [2.05, 4.69) is 9.72 Å². The van der Waals surface area contributed by atoms with Crippen molar-refractivity contribution in [1.82, 2.24) is 14.5 Å². The van der Waals surface area contributed by atoms with Crippen LogP contribution >= 0.6 is 15.2 Å². The number of fused-ring (bicyclic) bond motifs is 1.